The topological polar surface area (TPSA) is 54.3 Å². The minimum atomic E-state index is -0.239. The second-order valence-corrected chi connectivity index (χ2v) is 7.91. The van der Waals surface area contributed by atoms with E-state index in [-0.39, 0.29) is 17.6 Å². The van der Waals surface area contributed by atoms with Gasteiger partial charge in [-0.3, -0.25) is 9.48 Å². The average Bonchev–Trinajstić information content (AvgIpc) is 3.01. The van der Waals surface area contributed by atoms with Gasteiger partial charge in [0.2, 0.25) is 0 Å². The SMILES string of the molecule is Cc1nn(C)c2nc(C(C)C)cc(C(=O)N3CCN(c4ccc(F)cc4)CC3)c12. The molecule has 0 spiro atoms. The molecule has 1 saturated heterocycles. The fourth-order valence-electron chi connectivity index (χ4n) is 3.92. The van der Waals surface area contributed by atoms with Crippen molar-refractivity contribution in [2.24, 2.45) is 7.05 Å². The highest BCUT2D eigenvalue weighted by molar-refractivity contribution is 6.06. The summed E-state index contributed by atoms with van der Waals surface area (Å²) in [6, 6.07) is 8.44. The minimum absolute atomic E-state index is 0.0224. The lowest BCUT2D eigenvalue weighted by Crippen LogP contribution is -2.48. The number of carbonyl (C=O) groups excluding carboxylic acids is 1. The smallest absolute Gasteiger partial charge is 0.254 e. The van der Waals surface area contributed by atoms with Gasteiger partial charge in [-0.1, -0.05) is 13.8 Å². The van der Waals surface area contributed by atoms with Crippen molar-refractivity contribution in [2.75, 3.05) is 31.1 Å². The summed E-state index contributed by atoms with van der Waals surface area (Å²) in [5.74, 6) is 0.00250. The number of rotatable bonds is 3. The number of hydrogen-bond donors (Lipinski definition) is 0. The van der Waals surface area contributed by atoms with E-state index in [1.165, 1.54) is 12.1 Å². The third-order valence-electron chi connectivity index (χ3n) is 5.57. The Balaban J connectivity index is 1.60. The van der Waals surface area contributed by atoms with E-state index < -0.39 is 0 Å². The highest BCUT2D eigenvalue weighted by Gasteiger charge is 2.26. The van der Waals surface area contributed by atoms with Crippen molar-refractivity contribution in [3.63, 3.8) is 0 Å². The molecule has 1 aliphatic rings. The molecule has 0 unspecified atom stereocenters. The lowest BCUT2D eigenvalue weighted by Gasteiger charge is -2.36. The van der Waals surface area contributed by atoms with Gasteiger partial charge in [-0.2, -0.15) is 5.10 Å². The summed E-state index contributed by atoms with van der Waals surface area (Å²) >= 11 is 0. The second kappa shape index (κ2) is 7.46. The molecular weight excluding hydrogens is 369 g/mol. The second-order valence-electron chi connectivity index (χ2n) is 7.91. The van der Waals surface area contributed by atoms with Crippen LogP contribution in [0.15, 0.2) is 30.3 Å². The summed E-state index contributed by atoms with van der Waals surface area (Å²) < 4.78 is 14.9. The average molecular weight is 395 g/mol. The van der Waals surface area contributed by atoms with Crippen LogP contribution in [-0.2, 0) is 7.05 Å². The zero-order valence-corrected chi connectivity index (χ0v) is 17.3. The molecule has 3 heterocycles. The molecule has 2 aromatic heterocycles. The Morgan fingerprint density at radius 2 is 1.76 bits per heavy atom. The van der Waals surface area contributed by atoms with Crippen molar-refractivity contribution in [1.82, 2.24) is 19.7 Å². The summed E-state index contributed by atoms with van der Waals surface area (Å²) in [6.07, 6.45) is 0. The monoisotopic (exact) mass is 395 g/mol. The van der Waals surface area contributed by atoms with Crippen molar-refractivity contribution < 1.29 is 9.18 Å². The number of piperazine rings is 1. The molecule has 6 nitrogen and oxygen atoms in total. The number of fused-ring (bicyclic) bond motifs is 1. The van der Waals surface area contributed by atoms with Crippen molar-refractivity contribution in [3.8, 4) is 0 Å². The van der Waals surface area contributed by atoms with Gasteiger partial charge in [0.1, 0.15) is 5.82 Å². The van der Waals surface area contributed by atoms with Gasteiger partial charge in [-0.05, 0) is 43.2 Å². The van der Waals surface area contributed by atoms with Crippen LogP contribution in [0.3, 0.4) is 0 Å². The quantitative estimate of drug-likeness (QED) is 0.681. The van der Waals surface area contributed by atoms with Crippen LogP contribution < -0.4 is 4.90 Å². The first kappa shape index (κ1) is 19.4. The molecule has 0 saturated carbocycles. The van der Waals surface area contributed by atoms with Gasteiger partial charge in [-0.25, -0.2) is 9.37 Å². The van der Waals surface area contributed by atoms with E-state index in [1.54, 1.807) is 16.8 Å². The number of nitrogens with zero attached hydrogens (tertiary/aromatic N) is 5. The number of aryl methyl sites for hydroxylation is 2. The first-order valence-corrected chi connectivity index (χ1v) is 9.99. The van der Waals surface area contributed by atoms with Crippen LogP contribution in [0.25, 0.3) is 11.0 Å². The van der Waals surface area contributed by atoms with E-state index in [0.717, 1.165) is 28.1 Å². The van der Waals surface area contributed by atoms with Crippen molar-refractivity contribution in [2.45, 2.75) is 26.7 Å². The molecular formula is C22H26FN5O. The molecule has 1 amide bonds. The molecule has 0 bridgehead atoms. The fourth-order valence-corrected chi connectivity index (χ4v) is 3.92. The number of hydrogen-bond acceptors (Lipinski definition) is 4. The van der Waals surface area contributed by atoms with Crippen molar-refractivity contribution in [1.29, 1.82) is 0 Å². The molecule has 0 aliphatic carbocycles. The maximum absolute atomic E-state index is 13.4. The third kappa shape index (κ3) is 3.57. The molecule has 0 N–H and O–H groups in total. The number of aromatic nitrogens is 3. The maximum atomic E-state index is 13.4. The van der Waals surface area contributed by atoms with E-state index in [9.17, 15) is 9.18 Å². The normalized spacial score (nSPS) is 14.8. The van der Waals surface area contributed by atoms with Crippen LogP contribution in [0, 0.1) is 12.7 Å². The molecule has 0 radical (unpaired) electrons. The van der Waals surface area contributed by atoms with E-state index in [2.05, 4.69) is 23.8 Å². The minimum Gasteiger partial charge on any atom is -0.368 e. The van der Waals surface area contributed by atoms with Gasteiger partial charge in [0.25, 0.3) is 5.91 Å². The maximum Gasteiger partial charge on any atom is 0.254 e. The van der Waals surface area contributed by atoms with Crippen LogP contribution in [-0.4, -0.2) is 51.8 Å². The van der Waals surface area contributed by atoms with Crippen molar-refractivity contribution >= 4 is 22.6 Å². The van der Waals surface area contributed by atoms with Crippen LogP contribution in [0.4, 0.5) is 10.1 Å². The Labute approximate surface area is 169 Å². The van der Waals surface area contributed by atoms with Gasteiger partial charge in [-0.15, -0.1) is 0 Å². The number of amides is 1. The number of benzene rings is 1. The number of carbonyl (C=O) groups is 1. The Kier molecular flexibility index (Phi) is 4.98. The lowest BCUT2D eigenvalue weighted by molar-refractivity contribution is 0.0748. The zero-order chi connectivity index (χ0) is 20.7. The van der Waals surface area contributed by atoms with Gasteiger partial charge in [0.15, 0.2) is 5.65 Å². The zero-order valence-electron chi connectivity index (χ0n) is 17.3. The van der Waals surface area contributed by atoms with Gasteiger partial charge >= 0.3 is 0 Å². The summed E-state index contributed by atoms with van der Waals surface area (Å²) in [6.45, 7) is 8.75. The van der Waals surface area contributed by atoms with Crippen LogP contribution >= 0.6 is 0 Å². The first-order valence-electron chi connectivity index (χ1n) is 9.99. The predicted molar refractivity (Wildman–Crippen MR) is 112 cm³/mol. The van der Waals surface area contributed by atoms with E-state index in [0.29, 0.717) is 31.7 Å². The molecule has 3 aromatic rings. The molecule has 152 valence electrons. The van der Waals surface area contributed by atoms with Crippen molar-refractivity contribution in [3.05, 3.63) is 53.1 Å². The number of anilines is 1. The predicted octanol–water partition coefficient (Wildman–Crippen LogP) is 3.50. The van der Waals surface area contributed by atoms with Gasteiger partial charge in [0, 0.05) is 44.6 Å². The summed E-state index contributed by atoms with van der Waals surface area (Å²) in [7, 11) is 1.86. The number of halogens is 1. The lowest BCUT2D eigenvalue weighted by atomic mass is 10.0. The fraction of sp³-hybridized carbons (Fsp3) is 0.409. The third-order valence-corrected chi connectivity index (χ3v) is 5.57. The Morgan fingerprint density at radius 1 is 1.10 bits per heavy atom. The van der Waals surface area contributed by atoms with E-state index in [4.69, 9.17) is 4.98 Å². The van der Waals surface area contributed by atoms with E-state index in [1.807, 2.05) is 24.9 Å². The standard InChI is InChI=1S/C22H26FN5O/c1-14(2)19-13-18(20-15(3)25-26(4)21(20)24-19)22(29)28-11-9-27(10-12-28)17-7-5-16(23)6-8-17/h5-8,13-14H,9-12H2,1-4H3. The highest BCUT2D eigenvalue weighted by atomic mass is 19.1. The molecule has 7 heteroatoms. The molecule has 0 atom stereocenters. The van der Waals surface area contributed by atoms with Gasteiger partial charge < -0.3 is 9.80 Å². The number of pyridine rings is 1. The molecule has 1 aliphatic heterocycles. The van der Waals surface area contributed by atoms with Crippen LogP contribution in [0.1, 0.15) is 41.5 Å². The van der Waals surface area contributed by atoms with Gasteiger partial charge in [0.05, 0.1) is 16.6 Å². The summed E-state index contributed by atoms with van der Waals surface area (Å²) in [4.78, 5) is 22.2. The van der Waals surface area contributed by atoms with Crippen LogP contribution in [0.2, 0.25) is 0 Å². The summed E-state index contributed by atoms with van der Waals surface area (Å²) in [5, 5.41) is 5.32. The molecule has 29 heavy (non-hydrogen) atoms. The molecule has 1 aromatic carbocycles. The molecule has 4 rings (SSSR count). The van der Waals surface area contributed by atoms with Crippen LogP contribution in [0.5, 0.6) is 0 Å². The Morgan fingerprint density at radius 3 is 2.38 bits per heavy atom. The Hall–Kier alpha value is -2.96. The first-order chi connectivity index (χ1) is 13.8. The summed E-state index contributed by atoms with van der Waals surface area (Å²) in [5.41, 5.74) is 4.13. The van der Waals surface area contributed by atoms with E-state index >= 15 is 0 Å². The Bertz CT molecular complexity index is 1050. The highest BCUT2D eigenvalue weighted by Crippen LogP contribution is 2.27. The largest absolute Gasteiger partial charge is 0.368 e. The molecule has 1 fully saturated rings.